The topological polar surface area (TPSA) is 119 Å². The van der Waals surface area contributed by atoms with Gasteiger partial charge in [-0.15, -0.1) is 18.3 Å². The number of carbonyl (C=O) groups excluding carboxylic acids is 1. The fourth-order valence-corrected chi connectivity index (χ4v) is 10.7. The van der Waals surface area contributed by atoms with Gasteiger partial charge in [0.05, 0.1) is 31.9 Å². The molecule has 0 aromatic heterocycles. The lowest BCUT2D eigenvalue weighted by Crippen LogP contribution is -2.70. The molecular weight excluding hydrogens is 837 g/mol. The largest absolute Gasteiger partial charge is 0.459 e. The Hall–Kier alpha value is -5.59. The lowest BCUT2D eigenvalue weighted by molar-refractivity contribution is -0.256. The Balaban J connectivity index is 1.34. The summed E-state index contributed by atoms with van der Waals surface area (Å²) in [6.45, 7) is 4.89. The summed E-state index contributed by atoms with van der Waals surface area (Å²) in [4.78, 5) is 23.7. The SMILES string of the molecule is C=CCO[C@@]12Oc3ccc(Oc4ccc(SC)cc4)cc3[C@H]3[C@H](CCCCO)[C@@H](CCCCO)C=C(C(=NOCc4ccccc4)C[C@@H]1N(Cc1cccc4ccccc14)C(=O)OC)[C@H]32. The van der Waals surface area contributed by atoms with Crippen molar-refractivity contribution in [2.75, 3.05) is 33.2 Å². The summed E-state index contributed by atoms with van der Waals surface area (Å²) in [5.74, 6) is 0.00384. The van der Waals surface area contributed by atoms with Crippen molar-refractivity contribution in [3.8, 4) is 17.2 Å². The van der Waals surface area contributed by atoms with E-state index in [2.05, 4.69) is 43.2 Å². The second-order valence-corrected chi connectivity index (χ2v) is 17.9. The van der Waals surface area contributed by atoms with Crippen molar-refractivity contribution in [2.45, 2.75) is 80.7 Å². The number of rotatable bonds is 20. The number of nitrogens with zero attached hydrogens (tertiary/aromatic N) is 2. The quantitative estimate of drug-likeness (QED) is 0.0341. The monoisotopic (exact) mass is 896 g/mol. The number of oxime groups is 1. The van der Waals surface area contributed by atoms with Crippen molar-refractivity contribution in [3.05, 3.63) is 156 Å². The average Bonchev–Trinajstić information content (AvgIpc) is 3.34. The highest BCUT2D eigenvalue weighted by molar-refractivity contribution is 7.98. The van der Waals surface area contributed by atoms with Gasteiger partial charge >= 0.3 is 6.09 Å². The minimum atomic E-state index is -1.45. The third kappa shape index (κ3) is 9.99. The van der Waals surface area contributed by atoms with Gasteiger partial charge in [0.25, 0.3) is 0 Å². The number of hydrogen-bond donors (Lipinski definition) is 2. The summed E-state index contributed by atoms with van der Waals surface area (Å²) >= 11 is 1.68. The molecule has 11 heteroatoms. The smallest absolute Gasteiger partial charge is 0.410 e. The highest BCUT2D eigenvalue weighted by Gasteiger charge is 2.65. The van der Waals surface area contributed by atoms with Crippen LogP contribution in [0.1, 0.15) is 67.6 Å². The second-order valence-electron chi connectivity index (χ2n) is 17.0. The average molecular weight is 897 g/mol. The Labute approximate surface area is 386 Å². The number of fused-ring (bicyclic) bond motifs is 3. The van der Waals surface area contributed by atoms with Crippen molar-refractivity contribution in [2.24, 2.45) is 22.9 Å². The molecule has 340 valence electrons. The van der Waals surface area contributed by atoms with Crippen LogP contribution in [0.15, 0.2) is 150 Å². The zero-order valence-corrected chi connectivity index (χ0v) is 38.2. The van der Waals surface area contributed by atoms with E-state index in [-0.39, 0.29) is 57.1 Å². The summed E-state index contributed by atoms with van der Waals surface area (Å²) in [5, 5.41) is 27.1. The zero-order chi connectivity index (χ0) is 45.2. The van der Waals surface area contributed by atoms with E-state index < -0.39 is 23.8 Å². The van der Waals surface area contributed by atoms with Crippen molar-refractivity contribution in [3.63, 3.8) is 0 Å². The maximum Gasteiger partial charge on any atom is 0.410 e. The molecule has 1 aliphatic heterocycles. The molecule has 1 fully saturated rings. The van der Waals surface area contributed by atoms with E-state index in [1.54, 1.807) is 22.7 Å². The molecular formula is C54H60N2O8S. The first kappa shape index (κ1) is 46.0. The van der Waals surface area contributed by atoms with Crippen LogP contribution in [0.4, 0.5) is 4.79 Å². The van der Waals surface area contributed by atoms with Gasteiger partial charge in [-0.05, 0) is 114 Å². The van der Waals surface area contributed by atoms with Crippen LogP contribution in [0.2, 0.25) is 0 Å². The maximum atomic E-state index is 14.6. The lowest BCUT2D eigenvalue weighted by Gasteiger charge is -2.59. The van der Waals surface area contributed by atoms with E-state index in [0.717, 1.165) is 69.4 Å². The Morgan fingerprint density at radius 3 is 2.40 bits per heavy atom. The molecule has 2 N–H and O–H groups in total. The fourth-order valence-electron chi connectivity index (χ4n) is 10.3. The third-order valence-electron chi connectivity index (χ3n) is 13.2. The second kappa shape index (κ2) is 21.6. The lowest BCUT2D eigenvalue weighted by atomic mass is 9.55. The number of benzene rings is 5. The van der Waals surface area contributed by atoms with Crippen LogP contribution in [-0.2, 0) is 27.5 Å². The molecule has 3 aliphatic rings. The van der Waals surface area contributed by atoms with E-state index in [9.17, 15) is 15.0 Å². The first-order valence-corrected chi connectivity index (χ1v) is 24.0. The molecule has 65 heavy (non-hydrogen) atoms. The molecule has 5 aromatic carbocycles. The summed E-state index contributed by atoms with van der Waals surface area (Å²) in [6.07, 6.45) is 10.5. The fraction of sp³-hybridized carbons (Fsp3) is 0.370. The van der Waals surface area contributed by atoms with Gasteiger partial charge in [0, 0.05) is 36.0 Å². The van der Waals surface area contributed by atoms with Gasteiger partial charge in [-0.3, -0.25) is 4.90 Å². The Morgan fingerprint density at radius 2 is 1.65 bits per heavy atom. The van der Waals surface area contributed by atoms with E-state index in [1.165, 1.54) is 7.11 Å². The minimum Gasteiger partial charge on any atom is -0.459 e. The van der Waals surface area contributed by atoms with E-state index in [0.29, 0.717) is 30.1 Å². The molecule has 1 amide bonds. The minimum absolute atomic E-state index is 0.0503. The predicted molar refractivity (Wildman–Crippen MR) is 256 cm³/mol. The summed E-state index contributed by atoms with van der Waals surface area (Å²) in [7, 11) is 1.41. The van der Waals surface area contributed by atoms with Gasteiger partial charge < -0.3 is 34.0 Å². The van der Waals surface area contributed by atoms with Crippen molar-refractivity contribution < 1.29 is 38.8 Å². The van der Waals surface area contributed by atoms with Gasteiger partial charge in [0.1, 0.15) is 29.9 Å². The van der Waals surface area contributed by atoms with E-state index in [1.807, 2.05) is 91.0 Å². The molecule has 6 atom stereocenters. The van der Waals surface area contributed by atoms with E-state index >= 15 is 0 Å². The van der Waals surface area contributed by atoms with Gasteiger partial charge in [0.2, 0.25) is 5.79 Å². The maximum absolute atomic E-state index is 14.6. The molecule has 5 aromatic rings. The summed E-state index contributed by atoms with van der Waals surface area (Å²) < 4.78 is 26.9. The van der Waals surface area contributed by atoms with Crippen LogP contribution in [0, 0.1) is 17.8 Å². The molecule has 1 heterocycles. The molecule has 10 nitrogen and oxygen atoms in total. The molecule has 0 radical (unpaired) electrons. The first-order valence-electron chi connectivity index (χ1n) is 22.8. The standard InChI is InChI=1S/C54H60N2O8S/c1-4-31-61-54-50(56(53(59)60-2)35-40-20-14-19-38-17-8-9-21-44(38)40)34-48(55-62-36-37-15-6-5-7-16-37)46-32-39(18-10-12-29-57)45(22-11-13-30-58)51(52(46)54)47-33-42(25-28-49(47)64-54)63-41-23-26-43(65-3)27-24-41/h4-9,14-17,19-21,23-28,32-33,39,45,50-52,57-58H,1,10-13,18,22,29-31,34-36H2,2-3H3/t39-,45+,50-,51+,52+,54+/m0/s1. The van der Waals surface area contributed by atoms with Crippen LogP contribution < -0.4 is 9.47 Å². The summed E-state index contributed by atoms with van der Waals surface area (Å²) in [5.41, 5.74) is 4.56. The van der Waals surface area contributed by atoms with Crippen LogP contribution in [-0.4, -0.2) is 71.9 Å². The number of aliphatic hydroxyl groups is 2. The normalized spacial score (nSPS) is 22.6. The van der Waals surface area contributed by atoms with E-state index in [4.69, 9.17) is 28.9 Å². The van der Waals surface area contributed by atoms with Crippen LogP contribution in [0.3, 0.4) is 0 Å². The van der Waals surface area contributed by atoms with Gasteiger partial charge in [-0.25, -0.2) is 4.79 Å². The van der Waals surface area contributed by atoms with Gasteiger partial charge in [-0.2, -0.15) is 0 Å². The number of unbranched alkanes of at least 4 members (excludes halogenated alkanes) is 2. The predicted octanol–water partition coefficient (Wildman–Crippen LogP) is 11.5. The number of amides is 1. The highest BCUT2D eigenvalue weighted by Crippen LogP contribution is 2.62. The number of aliphatic hydroxyl groups excluding tert-OH is 2. The number of ether oxygens (including phenoxy) is 4. The van der Waals surface area contributed by atoms with Crippen LogP contribution in [0.25, 0.3) is 10.8 Å². The zero-order valence-electron chi connectivity index (χ0n) is 37.4. The summed E-state index contributed by atoms with van der Waals surface area (Å²) in [6, 6.07) is 37.5. The molecule has 2 aliphatic carbocycles. The van der Waals surface area contributed by atoms with Gasteiger partial charge in [0.15, 0.2) is 0 Å². The number of hydrogen-bond acceptors (Lipinski definition) is 10. The Bertz CT molecular complexity index is 2450. The molecule has 0 spiro atoms. The number of allylic oxidation sites excluding steroid dienone is 1. The number of carbonyl (C=O) groups is 1. The molecule has 0 saturated heterocycles. The van der Waals surface area contributed by atoms with Crippen LogP contribution in [0.5, 0.6) is 17.2 Å². The molecule has 1 saturated carbocycles. The Morgan fingerprint density at radius 1 is 0.908 bits per heavy atom. The third-order valence-corrected chi connectivity index (χ3v) is 13.9. The first-order chi connectivity index (χ1) is 31.9. The Kier molecular flexibility index (Phi) is 15.3. The van der Waals surface area contributed by atoms with Crippen LogP contribution >= 0.6 is 11.8 Å². The van der Waals surface area contributed by atoms with Crippen molar-refractivity contribution in [1.82, 2.24) is 4.90 Å². The number of methoxy groups -OCH3 is 1. The highest BCUT2D eigenvalue weighted by atomic mass is 32.2. The molecule has 0 unspecified atom stereocenters. The molecule has 8 rings (SSSR count). The molecule has 0 bridgehead atoms. The van der Waals surface area contributed by atoms with Crippen molar-refractivity contribution >= 4 is 34.3 Å². The number of thioether (sulfide) groups is 1. The van der Waals surface area contributed by atoms with Crippen molar-refractivity contribution in [1.29, 1.82) is 0 Å². The van der Waals surface area contributed by atoms with Gasteiger partial charge in [-0.1, -0.05) is 103 Å².